The summed E-state index contributed by atoms with van der Waals surface area (Å²) in [7, 11) is 2.00. The minimum Gasteiger partial charge on any atom is -0.428 e. The van der Waals surface area contributed by atoms with Gasteiger partial charge in [-0.2, -0.15) is 0 Å². The molecule has 2 aromatic rings. The van der Waals surface area contributed by atoms with Crippen molar-refractivity contribution in [3.8, 4) is 0 Å². The molecule has 1 aromatic heterocycles. The molecule has 28 heavy (non-hydrogen) atoms. The normalized spacial score (nSPS) is 17.0. The standard InChI is InChI=1S/C21H24N4O3/c1-22-15-25(13-17-7-3-2-4-8-17)20(26)18-14-24(12-9-19(18)22)21(27)28-16-23-10-5-6-11-23/h2-8,10-11H,9,12-16H2,1H3. The van der Waals surface area contributed by atoms with Gasteiger partial charge in [-0.05, 0) is 17.7 Å². The van der Waals surface area contributed by atoms with Gasteiger partial charge in [-0.1, -0.05) is 30.3 Å². The first-order valence-electron chi connectivity index (χ1n) is 9.40. The van der Waals surface area contributed by atoms with Gasteiger partial charge in [-0.25, -0.2) is 4.79 Å². The lowest BCUT2D eigenvalue weighted by atomic mass is 10.0. The second kappa shape index (κ2) is 7.80. The van der Waals surface area contributed by atoms with E-state index in [9.17, 15) is 9.59 Å². The van der Waals surface area contributed by atoms with Gasteiger partial charge in [0.05, 0.1) is 18.8 Å². The van der Waals surface area contributed by atoms with Crippen LogP contribution in [-0.2, 0) is 22.8 Å². The molecule has 7 nitrogen and oxygen atoms in total. The predicted molar refractivity (Wildman–Crippen MR) is 104 cm³/mol. The Labute approximate surface area is 164 Å². The van der Waals surface area contributed by atoms with Crippen LogP contribution in [0, 0.1) is 0 Å². The van der Waals surface area contributed by atoms with Crippen molar-refractivity contribution in [2.24, 2.45) is 0 Å². The molecule has 0 N–H and O–H groups in total. The number of nitrogens with zero attached hydrogens (tertiary/aromatic N) is 4. The van der Waals surface area contributed by atoms with E-state index in [1.165, 1.54) is 0 Å². The van der Waals surface area contributed by atoms with Crippen molar-refractivity contribution < 1.29 is 14.3 Å². The lowest BCUT2D eigenvalue weighted by molar-refractivity contribution is -0.131. The van der Waals surface area contributed by atoms with Gasteiger partial charge in [0.2, 0.25) is 0 Å². The van der Waals surface area contributed by atoms with E-state index in [2.05, 4.69) is 4.90 Å². The Balaban J connectivity index is 1.43. The third-order valence-electron chi connectivity index (χ3n) is 5.18. The second-order valence-corrected chi connectivity index (χ2v) is 7.16. The number of hydrogen-bond donors (Lipinski definition) is 0. The van der Waals surface area contributed by atoms with Crippen LogP contribution in [0.4, 0.5) is 4.79 Å². The summed E-state index contributed by atoms with van der Waals surface area (Å²) < 4.78 is 7.16. The Morgan fingerprint density at radius 2 is 1.86 bits per heavy atom. The number of hydrogen-bond acceptors (Lipinski definition) is 4. The van der Waals surface area contributed by atoms with E-state index in [-0.39, 0.29) is 19.2 Å². The molecule has 2 aliphatic rings. The van der Waals surface area contributed by atoms with Gasteiger partial charge in [-0.3, -0.25) is 4.79 Å². The molecule has 0 spiro atoms. The van der Waals surface area contributed by atoms with Crippen LogP contribution in [0.1, 0.15) is 12.0 Å². The van der Waals surface area contributed by atoms with Gasteiger partial charge in [0.1, 0.15) is 0 Å². The van der Waals surface area contributed by atoms with E-state index in [1.54, 1.807) is 9.47 Å². The molecule has 4 rings (SSSR count). The third-order valence-corrected chi connectivity index (χ3v) is 5.18. The topological polar surface area (TPSA) is 58.0 Å². The highest BCUT2D eigenvalue weighted by molar-refractivity contribution is 5.96. The molecule has 1 aromatic carbocycles. The van der Waals surface area contributed by atoms with Crippen molar-refractivity contribution in [1.82, 2.24) is 19.3 Å². The average molecular weight is 380 g/mol. The maximum Gasteiger partial charge on any atom is 0.411 e. The molecular weight excluding hydrogens is 356 g/mol. The first kappa shape index (κ1) is 18.2. The van der Waals surface area contributed by atoms with Crippen LogP contribution in [0.15, 0.2) is 66.1 Å². The Morgan fingerprint density at radius 1 is 1.11 bits per heavy atom. The summed E-state index contributed by atoms with van der Waals surface area (Å²) in [6, 6.07) is 13.7. The Kier molecular flexibility index (Phi) is 5.06. The smallest absolute Gasteiger partial charge is 0.411 e. The minimum absolute atomic E-state index is 0.000127. The average Bonchev–Trinajstić information content (AvgIpc) is 3.24. The minimum atomic E-state index is -0.393. The van der Waals surface area contributed by atoms with Gasteiger partial charge < -0.3 is 24.0 Å². The highest BCUT2D eigenvalue weighted by Gasteiger charge is 2.35. The molecule has 7 heteroatoms. The number of rotatable bonds is 4. The highest BCUT2D eigenvalue weighted by atomic mass is 16.6. The fourth-order valence-electron chi connectivity index (χ4n) is 3.72. The number of benzene rings is 1. The van der Waals surface area contributed by atoms with Crippen molar-refractivity contribution >= 4 is 12.0 Å². The first-order chi connectivity index (χ1) is 13.6. The van der Waals surface area contributed by atoms with Crippen molar-refractivity contribution in [1.29, 1.82) is 0 Å². The fourth-order valence-corrected chi connectivity index (χ4v) is 3.72. The van der Waals surface area contributed by atoms with Gasteiger partial charge >= 0.3 is 6.09 Å². The zero-order valence-corrected chi connectivity index (χ0v) is 16.0. The van der Waals surface area contributed by atoms with E-state index < -0.39 is 6.09 Å². The maximum atomic E-state index is 13.1. The number of carbonyl (C=O) groups is 2. The van der Waals surface area contributed by atoms with Crippen LogP contribution in [0.3, 0.4) is 0 Å². The van der Waals surface area contributed by atoms with E-state index >= 15 is 0 Å². The monoisotopic (exact) mass is 380 g/mol. The van der Waals surface area contributed by atoms with Crippen LogP contribution >= 0.6 is 0 Å². The largest absolute Gasteiger partial charge is 0.428 e. The van der Waals surface area contributed by atoms with E-state index in [4.69, 9.17) is 4.74 Å². The first-order valence-corrected chi connectivity index (χ1v) is 9.40. The molecule has 0 saturated carbocycles. The number of carbonyl (C=O) groups excluding carboxylic acids is 2. The quantitative estimate of drug-likeness (QED) is 0.818. The third kappa shape index (κ3) is 3.74. The van der Waals surface area contributed by atoms with E-state index in [0.717, 1.165) is 11.3 Å². The summed E-state index contributed by atoms with van der Waals surface area (Å²) in [5.41, 5.74) is 2.81. The number of ether oxygens (including phenoxy) is 1. The van der Waals surface area contributed by atoms with Crippen molar-refractivity contribution in [3.63, 3.8) is 0 Å². The van der Waals surface area contributed by atoms with Crippen LogP contribution in [0.25, 0.3) is 0 Å². The SMILES string of the molecule is CN1CN(Cc2ccccc2)C(=O)C2=C1CCN(C(=O)OCn1cccc1)C2. The van der Waals surface area contributed by atoms with E-state index in [0.29, 0.717) is 31.8 Å². The van der Waals surface area contributed by atoms with Gasteiger partial charge in [0.25, 0.3) is 5.91 Å². The fraction of sp³-hybridized carbons (Fsp3) is 0.333. The zero-order chi connectivity index (χ0) is 19.5. The number of amides is 2. The molecule has 0 bridgehead atoms. The summed E-state index contributed by atoms with van der Waals surface area (Å²) in [5.74, 6) is -0.000127. The number of aromatic nitrogens is 1. The lowest BCUT2D eigenvalue weighted by Crippen LogP contribution is -2.51. The lowest BCUT2D eigenvalue weighted by Gasteiger charge is -2.41. The molecular formula is C21H24N4O3. The predicted octanol–water partition coefficient (Wildman–Crippen LogP) is 2.47. The molecule has 0 aliphatic carbocycles. The van der Waals surface area contributed by atoms with E-state index in [1.807, 2.05) is 66.8 Å². The zero-order valence-electron chi connectivity index (χ0n) is 16.0. The van der Waals surface area contributed by atoms with Crippen molar-refractivity contribution in [2.75, 3.05) is 26.8 Å². The Hall–Kier alpha value is -3.22. The molecule has 3 heterocycles. The summed E-state index contributed by atoms with van der Waals surface area (Å²) in [4.78, 5) is 31.1. The highest BCUT2D eigenvalue weighted by Crippen LogP contribution is 2.27. The summed E-state index contributed by atoms with van der Waals surface area (Å²) in [5, 5.41) is 0. The van der Waals surface area contributed by atoms with Crippen LogP contribution in [-0.4, -0.2) is 58.1 Å². The molecule has 2 amide bonds. The molecule has 0 atom stereocenters. The van der Waals surface area contributed by atoms with Crippen LogP contribution < -0.4 is 0 Å². The molecule has 2 aliphatic heterocycles. The van der Waals surface area contributed by atoms with Crippen molar-refractivity contribution in [2.45, 2.75) is 19.7 Å². The van der Waals surface area contributed by atoms with Crippen LogP contribution in [0.2, 0.25) is 0 Å². The summed E-state index contributed by atoms with van der Waals surface area (Å²) in [6.07, 6.45) is 3.95. The summed E-state index contributed by atoms with van der Waals surface area (Å²) >= 11 is 0. The van der Waals surface area contributed by atoms with Gasteiger partial charge in [-0.15, -0.1) is 0 Å². The van der Waals surface area contributed by atoms with Gasteiger partial charge in [0, 0.05) is 44.6 Å². The van der Waals surface area contributed by atoms with Crippen molar-refractivity contribution in [3.05, 3.63) is 71.7 Å². The second-order valence-electron chi connectivity index (χ2n) is 7.16. The van der Waals surface area contributed by atoms with Gasteiger partial charge in [0.15, 0.2) is 6.73 Å². The van der Waals surface area contributed by atoms with Crippen LogP contribution in [0.5, 0.6) is 0 Å². The molecule has 0 unspecified atom stereocenters. The molecule has 0 radical (unpaired) electrons. The maximum absolute atomic E-state index is 13.1. The summed E-state index contributed by atoms with van der Waals surface area (Å²) in [6.45, 7) is 2.12. The molecule has 0 fully saturated rings. The Bertz CT molecular complexity index is 876. The Morgan fingerprint density at radius 3 is 2.61 bits per heavy atom. The molecule has 0 saturated heterocycles. The molecule has 146 valence electrons.